The number of halogens is 1. The summed E-state index contributed by atoms with van der Waals surface area (Å²) in [6, 6.07) is 2.60. The number of hydrogen-bond acceptors (Lipinski definition) is 5. The van der Waals surface area contributed by atoms with Crippen molar-refractivity contribution in [3.05, 3.63) is 22.8 Å². The van der Waals surface area contributed by atoms with E-state index in [-0.39, 0.29) is 29.5 Å². The van der Waals surface area contributed by atoms with Gasteiger partial charge in [-0.25, -0.2) is 4.98 Å². The van der Waals surface area contributed by atoms with Crippen LogP contribution in [0.15, 0.2) is 12.1 Å². The molecular formula is C11H14ClN3O3. The molecule has 18 heavy (non-hydrogen) atoms. The lowest BCUT2D eigenvalue weighted by molar-refractivity contribution is -0.0183. The first-order chi connectivity index (χ1) is 8.61. The van der Waals surface area contributed by atoms with E-state index in [1.165, 1.54) is 12.1 Å². The van der Waals surface area contributed by atoms with Crippen LogP contribution in [0.25, 0.3) is 0 Å². The van der Waals surface area contributed by atoms with E-state index in [4.69, 9.17) is 22.1 Å². The van der Waals surface area contributed by atoms with Gasteiger partial charge in [0.15, 0.2) is 0 Å². The average molecular weight is 272 g/mol. The molecule has 0 spiro atoms. The first-order valence-electron chi connectivity index (χ1n) is 5.54. The van der Waals surface area contributed by atoms with Gasteiger partial charge in [0.2, 0.25) is 0 Å². The van der Waals surface area contributed by atoms with Crippen LogP contribution in [-0.4, -0.2) is 53.3 Å². The van der Waals surface area contributed by atoms with Crippen LogP contribution >= 0.6 is 11.6 Å². The van der Waals surface area contributed by atoms with Crippen molar-refractivity contribution in [3.63, 3.8) is 0 Å². The summed E-state index contributed by atoms with van der Waals surface area (Å²) in [7, 11) is 0. The fourth-order valence-electron chi connectivity index (χ4n) is 1.88. The Morgan fingerprint density at radius 3 is 3.11 bits per heavy atom. The molecule has 1 unspecified atom stereocenters. The van der Waals surface area contributed by atoms with Crippen LogP contribution in [-0.2, 0) is 4.74 Å². The number of aromatic nitrogens is 1. The number of anilines is 1. The Morgan fingerprint density at radius 1 is 1.67 bits per heavy atom. The maximum atomic E-state index is 12.3. The molecule has 1 atom stereocenters. The number of nitrogen functional groups attached to an aromatic ring is 1. The lowest BCUT2D eigenvalue weighted by Crippen LogP contribution is -2.50. The molecule has 0 aliphatic carbocycles. The Hall–Kier alpha value is -1.37. The highest BCUT2D eigenvalue weighted by Crippen LogP contribution is 2.17. The van der Waals surface area contributed by atoms with Gasteiger partial charge in [0, 0.05) is 12.1 Å². The molecule has 0 saturated carbocycles. The number of nitrogens with two attached hydrogens (primary N) is 1. The molecule has 3 N–H and O–H groups in total. The van der Waals surface area contributed by atoms with Crippen molar-refractivity contribution in [1.29, 1.82) is 0 Å². The highest BCUT2D eigenvalue weighted by molar-refractivity contribution is 6.29. The van der Waals surface area contributed by atoms with E-state index in [0.717, 1.165) is 0 Å². The van der Waals surface area contributed by atoms with E-state index in [1.807, 2.05) is 0 Å². The molecule has 6 nitrogen and oxygen atoms in total. The van der Waals surface area contributed by atoms with Crippen LogP contribution in [0.2, 0.25) is 5.15 Å². The maximum absolute atomic E-state index is 12.3. The third-order valence-electron chi connectivity index (χ3n) is 2.76. The summed E-state index contributed by atoms with van der Waals surface area (Å²) in [6.45, 7) is 1.08. The Balaban J connectivity index is 2.23. The summed E-state index contributed by atoms with van der Waals surface area (Å²) >= 11 is 5.77. The maximum Gasteiger partial charge on any atom is 0.254 e. The molecule has 7 heteroatoms. The zero-order valence-electron chi connectivity index (χ0n) is 9.67. The second kappa shape index (κ2) is 5.51. The summed E-state index contributed by atoms with van der Waals surface area (Å²) in [5, 5.41) is 9.40. The fraction of sp³-hybridized carbons (Fsp3) is 0.455. The normalized spacial score (nSPS) is 19.9. The number of rotatable bonds is 2. The lowest BCUT2D eigenvalue weighted by atomic mass is 10.1. The van der Waals surface area contributed by atoms with Crippen LogP contribution < -0.4 is 5.73 Å². The van der Waals surface area contributed by atoms with E-state index in [9.17, 15) is 9.90 Å². The zero-order valence-corrected chi connectivity index (χ0v) is 10.4. The van der Waals surface area contributed by atoms with Gasteiger partial charge in [-0.15, -0.1) is 0 Å². The Kier molecular flexibility index (Phi) is 4.00. The van der Waals surface area contributed by atoms with Crippen LogP contribution in [0.5, 0.6) is 0 Å². The summed E-state index contributed by atoms with van der Waals surface area (Å²) in [5.41, 5.74) is 5.92. The smallest absolute Gasteiger partial charge is 0.254 e. The van der Waals surface area contributed by atoms with Gasteiger partial charge in [-0.1, -0.05) is 11.6 Å². The van der Waals surface area contributed by atoms with Crippen molar-refractivity contribution in [2.45, 2.75) is 6.04 Å². The van der Waals surface area contributed by atoms with E-state index in [1.54, 1.807) is 4.90 Å². The molecule has 0 bridgehead atoms. The second-order valence-corrected chi connectivity index (χ2v) is 4.40. The van der Waals surface area contributed by atoms with E-state index < -0.39 is 0 Å². The number of aliphatic hydroxyl groups excluding tert-OH is 1. The van der Waals surface area contributed by atoms with Crippen molar-refractivity contribution in [2.24, 2.45) is 0 Å². The van der Waals surface area contributed by atoms with Crippen LogP contribution in [0, 0.1) is 0 Å². The first-order valence-corrected chi connectivity index (χ1v) is 5.92. The standard InChI is InChI=1S/C11H14ClN3O3/c12-9-3-7(4-10(13)14-9)11(17)15-1-2-18-6-8(15)5-16/h3-4,8,16H,1-2,5-6H2,(H2,13,14). The summed E-state index contributed by atoms with van der Waals surface area (Å²) in [6.07, 6.45) is 0. The third kappa shape index (κ3) is 2.72. The molecule has 1 fully saturated rings. The molecule has 0 radical (unpaired) electrons. The molecule has 98 valence electrons. The number of morpholine rings is 1. The van der Waals surface area contributed by atoms with Gasteiger partial charge in [0.05, 0.1) is 25.9 Å². The summed E-state index contributed by atoms with van der Waals surface area (Å²) in [4.78, 5) is 17.7. The van der Waals surface area contributed by atoms with E-state index >= 15 is 0 Å². The topological polar surface area (TPSA) is 88.7 Å². The predicted molar refractivity (Wildman–Crippen MR) is 66.4 cm³/mol. The highest BCUT2D eigenvalue weighted by atomic mass is 35.5. The molecule has 1 amide bonds. The van der Waals surface area contributed by atoms with Crippen molar-refractivity contribution >= 4 is 23.3 Å². The molecule has 1 saturated heterocycles. The minimum Gasteiger partial charge on any atom is -0.394 e. The summed E-state index contributed by atoms with van der Waals surface area (Å²) in [5.74, 6) is -0.0343. The molecule has 1 aliphatic heterocycles. The van der Waals surface area contributed by atoms with Crippen molar-refractivity contribution in [3.8, 4) is 0 Å². The van der Waals surface area contributed by atoms with Gasteiger partial charge < -0.3 is 20.5 Å². The SMILES string of the molecule is Nc1cc(C(=O)N2CCOCC2CO)cc(Cl)n1. The zero-order chi connectivity index (χ0) is 13.1. The van der Waals surface area contributed by atoms with Gasteiger partial charge in [-0.05, 0) is 12.1 Å². The fourth-order valence-corrected chi connectivity index (χ4v) is 2.10. The van der Waals surface area contributed by atoms with Crippen LogP contribution in [0.1, 0.15) is 10.4 Å². The number of ether oxygens (including phenoxy) is 1. The number of aliphatic hydroxyl groups is 1. The monoisotopic (exact) mass is 271 g/mol. The van der Waals surface area contributed by atoms with Crippen molar-refractivity contribution < 1.29 is 14.6 Å². The molecule has 1 aliphatic rings. The number of nitrogens with zero attached hydrogens (tertiary/aromatic N) is 2. The molecule has 2 heterocycles. The lowest BCUT2D eigenvalue weighted by Gasteiger charge is -2.34. The van der Waals surface area contributed by atoms with Crippen molar-refractivity contribution in [1.82, 2.24) is 9.88 Å². The van der Waals surface area contributed by atoms with E-state index in [2.05, 4.69) is 4.98 Å². The molecule has 0 aromatic carbocycles. The Labute approximate surface area is 109 Å². The highest BCUT2D eigenvalue weighted by Gasteiger charge is 2.27. The van der Waals surface area contributed by atoms with Gasteiger partial charge in [0.1, 0.15) is 11.0 Å². The first kappa shape index (κ1) is 13.1. The predicted octanol–water partition coefficient (Wildman–Crippen LogP) is 0.150. The Morgan fingerprint density at radius 2 is 2.44 bits per heavy atom. The molecular weight excluding hydrogens is 258 g/mol. The van der Waals surface area contributed by atoms with E-state index in [0.29, 0.717) is 25.3 Å². The minimum atomic E-state index is -0.334. The number of amides is 1. The van der Waals surface area contributed by atoms with Gasteiger partial charge in [-0.2, -0.15) is 0 Å². The minimum absolute atomic E-state index is 0.139. The number of pyridine rings is 1. The second-order valence-electron chi connectivity index (χ2n) is 4.01. The summed E-state index contributed by atoms with van der Waals surface area (Å²) < 4.78 is 5.22. The quantitative estimate of drug-likeness (QED) is 0.748. The third-order valence-corrected chi connectivity index (χ3v) is 2.95. The number of carbonyl (C=O) groups excluding carboxylic acids is 1. The van der Waals surface area contributed by atoms with Crippen molar-refractivity contribution in [2.75, 3.05) is 32.1 Å². The van der Waals surface area contributed by atoms with Crippen LogP contribution in [0.3, 0.4) is 0 Å². The van der Waals surface area contributed by atoms with Gasteiger partial charge in [0.25, 0.3) is 5.91 Å². The largest absolute Gasteiger partial charge is 0.394 e. The molecule has 1 aromatic rings. The van der Waals surface area contributed by atoms with Crippen LogP contribution in [0.4, 0.5) is 5.82 Å². The number of hydrogen-bond donors (Lipinski definition) is 2. The number of carbonyl (C=O) groups is 1. The Bertz CT molecular complexity index is 435. The molecule has 1 aromatic heterocycles. The van der Waals surface area contributed by atoms with Gasteiger partial charge >= 0.3 is 0 Å². The average Bonchev–Trinajstić information content (AvgIpc) is 2.36. The van der Waals surface area contributed by atoms with Gasteiger partial charge in [-0.3, -0.25) is 4.79 Å². The molecule has 2 rings (SSSR count).